The molecule has 4 nitrogen and oxygen atoms in total. The Kier molecular flexibility index (Phi) is 3.80. The van der Waals surface area contributed by atoms with E-state index in [-0.39, 0.29) is 17.7 Å². The van der Waals surface area contributed by atoms with Gasteiger partial charge in [0.05, 0.1) is 11.8 Å². The van der Waals surface area contributed by atoms with Crippen LogP contribution >= 0.6 is 0 Å². The van der Waals surface area contributed by atoms with Gasteiger partial charge in [0, 0.05) is 24.8 Å². The Hall–Kier alpha value is -1.55. The predicted octanol–water partition coefficient (Wildman–Crippen LogP) is 3.09. The first-order valence-electron chi connectivity index (χ1n) is 6.64. The van der Waals surface area contributed by atoms with Crippen LogP contribution < -0.4 is 10.2 Å². The number of urea groups is 1. The largest absolute Gasteiger partial charge is 0.377 e. The third-order valence-electron chi connectivity index (χ3n) is 3.20. The van der Waals surface area contributed by atoms with Gasteiger partial charge in [0.15, 0.2) is 0 Å². The molecular formula is C15H22N2O2. The van der Waals surface area contributed by atoms with Crippen LogP contribution in [0.2, 0.25) is 0 Å². The minimum absolute atomic E-state index is 0.0468. The first kappa shape index (κ1) is 13.9. The maximum atomic E-state index is 12.3. The lowest BCUT2D eigenvalue weighted by atomic mass is 9.99. The predicted molar refractivity (Wildman–Crippen MR) is 76.4 cm³/mol. The number of fused-ring (bicyclic) bond motifs is 1. The van der Waals surface area contributed by atoms with Crippen LogP contribution in [0.25, 0.3) is 0 Å². The molecule has 1 aliphatic rings. The van der Waals surface area contributed by atoms with Gasteiger partial charge < -0.3 is 10.1 Å². The van der Waals surface area contributed by atoms with Crippen molar-refractivity contribution in [3.05, 3.63) is 29.8 Å². The maximum Gasteiger partial charge on any atom is 0.322 e. The molecule has 1 aliphatic heterocycles. The summed E-state index contributed by atoms with van der Waals surface area (Å²) in [7, 11) is 1.71. The van der Waals surface area contributed by atoms with Crippen LogP contribution in [0.1, 0.15) is 38.9 Å². The molecule has 0 bridgehead atoms. The third-order valence-corrected chi connectivity index (χ3v) is 3.20. The van der Waals surface area contributed by atoms with Crippen molar-refractivity contribution in [3.8, 4) is 0 Å². The molecule has 1 atom stereocenters. The highest BCUT2D eigenvalue weighted by molar-refractivity contribution is 5.93. The Morgan fingerprint density at radius 1 is 1.37 bits per heavy atom. The second-order valence-electron chi connectivity index (χ2n) is 5.90. The standard InChI is InChI=1S/C15H22N2O2/c1-15(2,3)16-14(18)17-10-9-13(19-4)11-7-5-6-8-12(11)17/h5-8,13H,9-10H2,1-4H3,(H,16,18). The summed E-state index contributed by atoms with van der Waals surface area (Å²) < 4.78 is 5.49. The molecule has 0 aliphatic carbocycles. The van der Waals surface area contributed by atoms with Crippen molar-refractivity contribution >= 4 is 11.7 Å². The van der Waals surface area contributed by atoms with Crippen molar-refractivity contribution < 1.29 is 9.53 Å². The Morgan fingerprint density at radius 2 is 2.05 bits per heavy atom. The Morgan fingerprint density at radius 3 is 2.68 bits per heavy atom. The maximum absolute atomic E-state index is 12.3. The number of ether oxygens (including phenoxy) is 1. The lowest BCUT2D eigenvalue weighted by molar-refractivity contribution is 0.0941. The zero-order valence-electron chi connectivity index (χ0n) is 12.1. The van der Waals surface area contributed by atoms with Gasteiger partial charge in [-0.3, -0.25) is 4.90 Å². The molecule has 104 valence electrons. The molecule has 0 aromatic heterocycles. The normalized spacial score (nSPS) is 18.9. The fraction of sp³-hybridized carbons (Fsp3) is 0.533. The van der Waals surface area contributed by atoms with Crippen LogP contribution in [0, 0.1) is 0 Å². The summed E-state index contributed by atoms with van der Waals surface area (Å²) >= 11 is 0. The van der Waals surface area contributed by atoms with Crippen LogP contribution in [-0.4, -0.2) is 25.2 Å². The van der Waals surface area contributed by atoms with E-state index in [9.17, 15) is 4.79 Å². The summed E-state index contributed by atoms with van der Waals surface area (Å²) in [6.07, 6.45) is 0.903. The first-order valence-corrected chi connectivity index (χ1v) is 6.64. The zero-order valence-corrected chi connectivity index (χ0v) is 12.1. The molecule has 0 spiro atoms. The molecule has 0 saturated carbocycles. The van der Waals surface area contributed by atoms with Gasteiger partial charge in [-0.2, -0.15) is 0 Å². The lowest BCUT2D eigenvalue weighted by Gasteiger charge is -2.35. The van der Waals surface area contributed by atoms with Crippen molar-refractivity contribution in [1.82, 2.24) is 5.32 Å². The molecule has 0 radical (unpaired) electrons. The number of nitrogens with one attached hydrogen (secondary N) is 1. The molecule has 1 N–H and O–H groups in total. The number of benzene rings is 1. The van der Waals surface area contributed by atoms with E-state index in [1.54, 1.807) is 12.0 Å². The summed E-state index contributed by atoms with van der Waals surface area (Å²) in [5.74, 6) is 0. The Bertz CT molecular complexity index is 465. The smallest absolute Gasteiger partial charge is 0.322 e. The number of anilines is 1. The first-order chi connectivity index (χ1) is 8.92. The Labute approximate surface area is 114 Å². The summed E-state index contributed by atoms with van der Waals surface area (Å²) in [5.41, 5.74) is 1.80. The molecule has 1 aromatic rings. The number of nitrogens with zero attached hydrogens (tertiary/aromatic N) is 1. The van der Waals surface area contributed by atoms with E-state index in [1.165, 1.54) is 0 Å². The van der Waals surface area contributed by atoms with Crippen molar-refractivity contribution in [1.29, 1.82) is 0 Å². The number of hydrogen-bond acceptors (Lipinski definition) is 2. The second kappa shape index (κ2) is 5.21. The molecule has 2 rings (SSSR count). The van der Waals surface area contributed by atoms with Crippen LogP contribution in [0.5, 0.6) is 0 Å². The van der Waals surface area contributed by atoms with E-state index in [2.05, 4.69) is 5.32 Å². The van der Waals surface area contributed by atoms with E-state index < -0.39 is 0 Å². The van der Waals surface area contributed by atoms with Gasteiger partial charge in [-0.15, -0.1) is 0 Å². The number of carbonyl (C=O) groups excluding carboxylic acids is 1. The van der Waals surface area contributed by atoms with Crippen molar-refractivity contribution in [2.24, 2.45) is 0 Å². The van der Waals surface area contributed by atoms with Gasteiger partial charge in [0.2, 0.25) is 0 Å². The molecule has 1 unspecified atom stereocenters. The summed E-state index contributed by atoms with van der Waals surface area (Å²) in [6.45, 7) is 6.63. The minimum Gasteiger partial charge on any atom is -0.377 e. The fourth-order valence-corrected chi connectivity index (χ4v) is 2.37. The number of amides is 2. The van der Waals surface area contributed by atoms with E-state index in [0.717, 1.165) is 17.7 Å². The van der Waals surface area contributed by atoms with Gasteiger partial charge >= 0.3 is 6.03 Å². The number of hydrogen-bond donors (Lipinski definition) is 1. The van der Waals surface area contributed by atoms with E-state index in [1.807, 2.05) is 45.0 Å². The summed E-state index contributed by atoms with van der Waals surface area (Å²) in [6, 6.07) is 7.89. The molecule has 0 fully saturated rings. The zero-order chi connectivity index (χ0) is 14.0. The molecule has 1 heterocycles. The highest BCUT2D eigenvalue weighted by atomic mass is 16.5. The minimum atomic E-state index is -0.232. The van der Waals surface area contributed by atoms with Gasteiger partial charge in [-0.1, -0.05) is 18.2 Å². The number of carbonyl (C=O) groups is 1. The van der Waals surface area contributed by atoms with Crippen LogP contribution in [0.4, 0.5) is 10.5 Å². The van der Waals surface area contributed by atoms with E-state index in [0.29, 0.717) is 6.54 Å². The molecule has 4 heteroatoms. The summed E-state index contributed by atoms with van der Waals surface area (Å²) in [5, 5.41) is 3.01. The van der Waals surface area contributed by atoms with Crippen LogP contribution in [-0.2, 0) is 4.74 Å². The van der Waals surface area contributed by atoms with Gasteiger partial charge in [-0.25, -0.2) is 4.79 Å². The van der Waals surface area contributed by atoms with Gasteiger partial charge in [-0.05, 0) is 33.3 Å². The van der Waals surface area contributed by atoms with E-state index >= 15 is 0 Å². The average molecular weight is 262 g/mol. The quantitative estimate of drug-likeness (QED) is 0.845. The highest BCUT2D eigenvalue weighted by Crippen LogP contribution is 2.35. The van der Waals surface area contributed by atoms with Crippen LogP contribution in [0.15, 0.2) is 24.3 Å². The highest BCUT2D eigenvalue weighted by Gasteiger charge is 2.29. The molecule has 1 aromatic carbocycles. The average Bonchev–Trinajstić information content (AvgIpc) is 2.35. The molecule has 0 saturated heterocycles. The number of rotatable bonds is 1. The van der Waals surface area contributed by atoms with Gasteiger partial charge in [0.25, 0.3) is 0 Å². The molecule has 19 heavy (non-hydrogen) atoms. The third kappa shape index (κ3) is 3.07. The topological polar surface area (TPSA) is 41.6 Å². The SMILES string of the molecule is COC1CCN(C(=O)NC(C)(C)C)c2ccccc21. The fourth-order valence-electron chi connectivity index (χ4n) is 2.37. The number of para-hydroxylation sites is 1. The van der Waals surface area contributed by atoms with Gasteiger partial charge in [0.1, 0.15) is 0 Å². The second-order valence-corrected chi connectivity index (χ2v) is 5.90. The Balaban J connectivity index is 2.27. The van der Waals surface area contributed by atoms with Crippen molar-refractivity contribution in [2.75, 3.05) is 18.6 Å². The monoisotopic (exact) mass is 262 g/mol. The molecule has 2 amide bonds. The molecular weight excluding hydrogens is 240 g/mol. The van der Waals surface area contributed by atoms with Crippen LogP contribution in [0.3, 0.4) is 0 Å². The number of methoxy groups -OCH3 is 1. The van der Waals surface area contributed by atoms with E-state index in [4.69, 9.17) is 4.74 Å². The van der Waals surface area contributed by atoms with Crippen molar-refractivity contribution in [2.45, 2.75) is 38.8 Å². The van der Waals surface area contributed by atoms with Crippen molar-refractivity contribution in [3.63, 3.8) is 0 Å². The summed E-state index contributed by atoms with van der Waals surface area (Å²) in [4.78, 5) is 14.1. The lowest BCUT2D eigenvalue weighted by Crippen LogP contribution is -2.50.